The molecule has 3 unspecified atom stereocenters. The Labute approximate surface area is 80.1 Å². The Balaban J connectivity index is 1.93. The van der Waals surface area contributed by atoms with Crippen LogP contribution in [0.2, 0.25) is 0 Å². The molecule has 0 bridgehead atoms. The third kappa shape index (κ3) is 2.03. The molecule has 3 atom stereocenters. The average molecular weight is 184 g/mol. The SMILES string of the molecule is CC(O)CN1CCCC2CNCC21. The van der Waals surface area contributed by atoms with Gasteiger partial charge in [0.1, 0.15) is 0 Å². The number of hydrogen-bond donors (Lipinski definition) is 2. The van der Waals surface area contributed by atoms with Crippen molar-refractivity contribution in [3.63, 3.8) is 0 Å². The second-order valence-corrected chi connectivity index (χ2v) is 4.47. The lowest BCUT2D eigenvalue weighted by Gasteiger charge is -2.37. The van der Waals surface area contributed by atoms with Crippen LogP contribution in [0.25, 0.3) is 0 Å². The number of piperidine rings is 1. The van der Waals surface area contributed by atoms with Gasteiger partial charge in [0.05, 0.1) is 6.10 Å². The summed E-state index contributed by atoms with van der Waals surface area (Å²) in [6, 6.07) is 0.698. The molecule has 0 spiro atoms. The molecule has 3 nitrogen and oxygen atoms in total. The maximum atomic E-state index is 9.36. The van der Waals surface area contributed by atoms with Gasteiger partial charge in [-0.2, -0.15) is 0 Å². The highest BCUT2D eigenvalue weighted by atomic mass is 16.3. The van der Waals surface area contributed by atoms with Gasteiger partial charge in [0.15, 0.2) is 0 Å². The number of β-amino-alcohol motifs (C(OH)–C–C–N with tert-alkyl or cyclic N) is 1. The smallest absolute Gasteiger partial charge is 0.0639 e. The second-order valence-electron chi connectivity index (χ2n) is 4.47. The van der Waals surface area contributed by atoms with Gasteiger partial charge in [0, 0.05) is 19.1 Å². The largest absolute Gasteiger partial charge is 0.392 e. The molecule has 13 heavy (non-hydrogen) atoms. The summed E-state index contributed by atoms with van der Waals surface area (Å²) in [5.74, 6) is 0.840. The maximum Gasteiger partial charge on any atom is 0.0639 e. The van der Waals surface area contributed by atoms with Crippen LogP contribution in [-0.4, -0.2) is 48.3 Å². The quantitative estimate of drug-likeness (QED) is 0.636. The summed E-state index contributed by atoms with van der Waals surface area (Å²) in [6.45, 7) is 6.21. The standard InChI is InChI=1S/C10H20N2O/c1-8(13)7-12-4-2-3-9-5-11-6-10(9)12/h8-11,13H,2-7H2,1H3. The molecule has 2 N–H and O–H groups in total. The van der Waals surface area contributed by atoms with Crippen molar-refractivity contribution < 1.29 is 5.11 Å². The molecule has 76 valence electrons. The lowest BCUT2D eigenvalue weighted by molar-refractivity contribution is 0.0655. The van der Waals surface area contributed by atoms with Crippen LogP contribution in [0.4, 0.5) is 0 Å². The van der Waals surface area contributed by atoms with E-state index in [4.69, 9.17) is 0 Å². The number of fused-ring (bicyclic) bond motifs is 1. The molecular formula is C10H20N2O. The van der Waals surface area contributed by atoms with Crippen LogP contribution in [0.3, 0.4) is 0 Å². The summed E-state index contributed by atoms with van der Waals surface area (Å²) >= 11 is 0. The van der Waals surface area contributed by atoms with Crippen molar-refractivity contribution in [2.75, 3.05) is 26.2 Å². The van der Waals surface area contributed by atoms with E-state index in [0.29, 0.717) is 6.04 Å². The van der Waals surface area contributed by atoms with E-state index in [2.05, 4.69) is 10.2 Å². The molecule has 2 saturated heterocycles. The third-order valence-corrected chi connectivity index (χ3v) is 3.29. The van der Waals surface area contributed by atoms with Crippen LogP contribution in [0.5, 0.6) is 0 Å². The molecule has 0 aromatic rings. The predicted octanol–water partition coefficient (Wildman–Crippen LogP) is 0.0510. The lowest BCUT2D eigenvalue weighted by atomic mass is 9.92. The monoisotopic (exact) mass is 184 g/mol. The summed E-state index contributed by atoms with van der Waals surface area (Å²) in [6.07, 6.45) is 2.49. The average Bonchev–Trinajstić information content (AvgIpc) is 2.51. The van der Waals surface area contributed by atoms with Crippen molar-refractivity contribution in [3.05, 3.63) is 0 Å². The highest BCUT2D eigenvalue weighted by Crippen LogP contribution is 2.26. The Bertz CT molecular complexity index is 172. The van der Waals surface area contributed by atoms with Gasteiger partial charge in [0.25, 0.3) is 0 Å². The van der Waals surface area contributed by atoms with Gasteiger partial charge in [-0.3, -0.25) is 4.90 Å². The zero-order chi connectivity index (χ0) is 9.26. The molecule has 0 aromatic carbocycles. The first-order valence-electron chi connectivity index (χ1n) is 5.40. The van der Waals surface area contributed by atoms with Crippen LogP contribution in [0.1, 0.15) is 19.8 Å². The number of nitrogens with one attached hydrogen (secondary N) is 1. The van der Waals surface area contributed by atoms with Crippen molar-refractivity contribution in [3.8, 4) is 0 Å². The zero-order valence-corrected chi connectivity index (χ0v) is 8.37. The first kappa shape index (κ1) is 9.44. The molecule has 2 heterocycles. The molecule has 0 saturated carbocycles. The number of nitrogens with zero attached hydrogens (tertiary/aromatic N) is 1. The van der Waals surface area contributed by atoms with Gasteiger partial charge in [-0.1, -0.05) is 0 Å². The van der Waals surface area contributed by atoms with Gasteiger partial charge < -0.3 is 10.4 Å². The minimum absolute atomic E-state index is 0.181. The van der Waals surface area contributed by atoms with Crippen molar-refractivity contribution in [1.29, 1.82) is 0 Å². The fourth-order valence-corrected chi connectivity index (χ4v) is 2.73. The Kier molecular flexibility index (Phi) is 2.86. The van der Waals surface area contributed by atoms with Gasteiger partial charge in [-0.15, -0.1) is 0 Å². The van der Waals surface area contributed by atoms with E-state index in [1.807, 2.05) is 6.92 Å². The number of hydrogen-bond acceptors (Lipinski definition) is 3. The van der Waals surface area contributed by atoms with E-state index in [9.17, 15) is 5.11 Å². The Morgan fingerprint density at radius 1 is 1.54 bits per heavy atom. The molecule has 0 radical (unpaired) electrons. The van der Waals surface area contributed by atoms with Crippen LogP contribution < -0.4 is 5.32 Å². The van der Waals surface area contributed by atoms with E-state index >= 15 is 0 Å². The number of aliphatic hydroxyl groups is 1. The summed E-state index contributed by atoms with van der Waals surface area (Å²) < 4.78 is 0. The number of rotatable bonds is 2. The zero-order valence-electron chi connectivity index (χ0n) is 8.37. The van der Waals surface area contributed by atoms with Crippen LogP contribution >= 0.6 is 0 Å². The van der Waals surface area contributed by atoms with E-state index in [1.54, 1.807) is 0 Å². The molecule has 2 aliphatic rings. The van der Waals surface area contributed by atoms with Crippen LogP contribution in [-0.2, 0) is 0 Å². The Morgan fingerprint density at radius 2 is 2.38 bits per heavy atom. The van der Waals surface area contributed by atoms with Gasteiger partial charge in [-0.25, -0.2) is 0 Å². The van der Waals surface area contributed by atoms with Crippen molar-refractivity contribution in [2.45, 2.75) is 31.9 Å². The molecular weight excluding hydrogens is 164 g/mol. The minimum Gasteiger partial charge on any atom is -0.392 e. The molecule has 3 heteroatoms. The van der Waals surface area contributed by atoms with Crippen molar-refractivity contribution in [2.24, 2.45) is 5.92 Å². The highest BCUT2D eigenvalue weighted by molar-refractivity contribution is 4.92. The van der Waals surface area contributed by atoms with Gasteiger partial charge in [0.2, 0.25) is 0 Å². The number of likely N-dealkylation sites (tertiary alicyclic amines) is 1. The normalized spacial score (nSPS) is 37.4. The highest BCUT2D eigenvalue weighted by Gasteiger charge is 2.34. The van der Waals surface area contributed by atoms with Crippen LogP contribution in [0.15, 0.2) is 0 Å². The molecule has 2 rings (SSSR count). The molecule has 0 aliphatic carbocycles. The fraction of sp³-hybridized carbons (Fsp3) is 1.00. The topological polar surface area (TPSA) is 35.5 Å². The summed E-state index contributed by atoms with van der Waals surface area (Å²) in [5.41, 5.74) is 0. The summed E-state index contributed by atoms with van der Waals surface area (Å²) in [7, 11) is 0. The van der Waals surface area contributed by atoms with Gasteiger partial charge in [-0.05, 0) is 38.8 Å². The fourth-order valence-electron chi connectivity index (χ4n) is 2.73. The second kappa shape index (κ2) is 3.95. The lowest BCUT2D eigenvalue weighted by Crippen LogP contribution is -2.47. The number of aliphatic hydroxyl groups excluding tert-OH is 1. The van der Waals surface area contributed by atoms with Crippen molar-refractivity contribution >= 4 is 0 Å². The van der Waals surface area contributed by atoms with E-state index in [0.717, 1.165) is 19.0 Å². The summed E-state index contributed by atoms with van der Waals surface area (Å²) in [5, 5.41) is 12.8. The first-order valence-corrected chi connectivity index (χ1v) is 5.40. The maximum absolute atomic E-state index is 9.36. The molecule has 0 amide bonds. The first-order chi connectivity index (χ1) is 6.27. The van der Waals surface area contributed by atoms with Crippen LogP contribution in [0, 0.1) is 5.92 Å². The van der Waals surface area contributed by atoms with E-state index in [1.165, 1.54) is 25.9 Å². The minimum atomic E-state index is -0.181. The molecule has 0 aromatic heterocycles. The van der Waals surface area contributed by atoms with E-state index in [-0.39, 0.29) is 6.10 Å². The summed E-state index contributed by atoms with van der Waals surface area (Å²) in [4.78, 5) is 2.46. The Morgan fingerprint density at radius 3 is 3.15 bits per heavy atom. The van der Waals surface area contributed by atoms with E-state index < -0.39 is 0 Å². The predicted molar refractivity (Wildman–Crippen MR) is 52.6 cm³/mol. The third-order valence-electron chi connectivity index (χ3n) is 3.29. The van der Waals surface area contributed by atoms with Crippen molar-refractivity contribution in [1.82, 2.24) is 10.2 Å². The molecule has 2 fully saturated rings. The Hall–Kier alpha value is -0.120. The molecule has 2 aliphatic heterocycles. The van der Waals surface area contributed by atoms with Gasteiger partial charge >= 0.3 is 0 Å².